The number of urea groups is 1. The first-order valence-corrected chi connectivity index (χ1v) is 6.35. The molecule has 0 radical (unpaired) electrons. The van der Waals surface area contributed by atoms with Crippen molar-refractivity contribution in [3.05, 3.63) is 0 Å². The molecule has 2 unspecified atom stereocenters. The van der Waals surface area contributed by atoms with Crippen molar-refractivity contribution in [3.8, 4) is 0 Å². The summed E-state index contributed by atoms with van der Waals surface area (Å²) in [6.45, 7) is 4.23. The van der Waals surface area contributed by atoms with Crippen molar-refractivity contribution in [1.29, 1.82) is 0 Å². The lowest BCUT2D eigenvalue weighted by Crippen LogP contribution is -2.52. The Morgan fingerprint density at radius 3 is 2.68 bits per heavy atom. The van der Waals surface area contributed by atoms with Crippen LogP contribution in [0.3, 0.4) is 0 Å². The van der Waals surface area contributed by atoms with Gasteiger partial charge in [-0.15, -0.1) is 0 Å². The first kappa shape index (κ1) is 13.8. The maximum Gasteiger partial charge on any atom is 0.322 e. The highest BCUT2D eigenvalue weighted by atomic mass is 16.5. The lowest BCUT2D eigenvalue weighted by Gasteiger charge is -2.31. The predicted molar refractivity (Wildman–Crippen MR) is 66.3 cm³/mol. The Labute approximate surface area is 111 Å². The SMILES string of the molecule is CCC(C)(OC)C(=O)N1CCC2(C1)NC(=O)NC2=O. The van der Waals surface area contributed by atoms with Crippen LogP contribution in [0, 0.1) is 0 Å². The molecule has 0 aromatic rings. The van der Waals surface area contributed by atoms with E-state index >= 15 is 0 Å². The lowest BCUT2D eigenvalue weighted by atomic mass is 9.99. The predicted octanol–water partition coefficient (Wildman–Crippen LogP) is -0.388. The highest BCUT2D eigenvalue weighted by Crippen LogP contribution is 2.28. The fourth-order valence-corrected chi connectivity index (χ4v) is 2.52. The minimum Gasteiger partial charge on any atom is -0.369 e. The number of carbonyl (C=O) groups is 3. The van der Waals surface area contributed by atoms with Gasteiger partial charge >= 0.3 is 6.03 Å². The summed E-state index contributed by atoms with van der Waals surface area (Å²) >= 11 is 0. The van der Waals surface area contributed by atoms with E-state index < -0.39 is 17.2 Å². The van der Waals surface area contributed by atoms with Crippen LogP contribution >= 0.6 is 0 Å². The van der Waals surface area contributed by atoms with Crippen molar-refractivity contribution in [2.24, 2.45) is 0 Å². The van der Waals surface area contributed by atoms with E-state index in [-0.39, 0.29) is 18.4 Å². The third-order valence-electron chi connectivity index (χ3n) is 4.15. The van der Waals surface area contributed by atoms with Gasteiger partial charge in [-0.3, -0.25) is 14.9 Å². The van der Waals surface area contributed by atoms with E-state index in [1.807, 2.05) is 6.92 Å². The van der Waals surface area contributed by atoms with Gasteiger partial charge in [-0.05, 0) is 19.8 Å². The summed E-state index contributed by atoms with van der Waals surface area (Å²) in [6.07, 6.45) is 0.976. The second kappa shape index (κ2) is 4.48. The van der Waals surface area contributed by atoms with Crippen LogP contribution in [0.5, 0.6) is 0 Å². The molecule has 0 aromatic heterocycles. The van der Waals surface area contributed by atoms with E-state index in [1.54, 1.807) is 11.8 Å². The molecule has 2 rings (SSSR count). The van der Waals surface area contributed by atoms with Crippen molar-refractivity contribution >= 4 is 17.8 Å². The Morgan fingerprint density at radius 1 is 1.53 bits per heavy atom. The lowest BCUT2D eigenvalue weighted by molar-refractivity contribution is -0.152. The van der Waals surface area contributed by atoms with Crippen LogP contribution < -0.4 is 10.6 Å². The molecule has 0 aromatic carbocycles. The van der Waals surface area contributed by atoms with Crippen molar-refractivity contribution in [1.82, 2.24) is 15.5 Å². The number of nitrogens with zero attached hydrogens (tertiary/aromatic N) is 1. The quantitative estimate of drug-likeness (QED) is 0.683. The molecule has 0 saturated carbocycles. The minimum absolute atomic E-state index is 0.150. The van der Waals surface area contributed by atoms with Gasteiger partial charge in [-0.25, -0.2) is 4.79 Å². The molecule has 2 heterocycles. The molecule has 4 amide bonds. The topological polar surface area (TPSA) is 87.7 Å². The number of hydrogen-bond acceptors (Lipinski definition) is 4. The van der Waals surface area contributed by atoms with Crippen LogP contribution in [0.15, 0.2) is 0 Å². The molecule has 1 spiro atoms. The summed E-state index contributed by atoms with van der Waals surface area (Å²) in [5, 5.41) is 4.83. The van der Waals surface area contributed by atoms with Gasteiger partial charge in [0.25, 0.3) is 11.8 Å². The number of likely N-dealkylation sites (tertiary alicyclic amines) is 1. The molecule has 19 heavy (non-hydrogen) atoms. The number of carbonyl (C=O) groups excluding carboxylic acids is 3. The molecular formula is C12H19N3O4. The van der Waals surface area contributed by atoms with Gasteiger partial charge in [0.05, 0.1) is 6.54 Å². The first-order valence-electron chi connectivity index (χ1n) is 6.35. The van der Waals surface area contributed by atoms with E-state index in [9.17, 15) is 14.4 Å². The number of ether oxygens (including phenoxy) is 1. The van der Waals surface area contributed by atoms with Crippen LogP contribution in [0.2, 0.25) is 0 Å². The second-order valence-corrected chi connectivity index (χ2v) is 5.26. The average Bonchev–Trinajstić information content (AvgIpc) is 2.93. The van der Waals surface area contributed by atoms with Crippen molar-refractivity contribution in [2.45, 2.75) is 37.8 Å². The van der Waals surface area contributed by atoms with E-state index in [1.165, 1.54) is 7.11 Å². The molecule has 0 aliphatic carbocycles. The normalized spacial score (nSPS) is 29.3. The van der Waals surface area contributed by atoms with Crippen LogP contribution in [0.4, 0.5) is 4.79 Å². The number of nitrogens with one attached hydrogen (secondary N) is 2. The standard InChI is InChI=1S/C12H19N3O4/c1-4-11(2,19-3)9(17)15-6-5-12(7-15)8(16)13-10(18)14-12/h4-7H2,1-3H3,(H2,13,14,16,18). The average molecular weight is 269 g/mol. The van der Waals surface area contributed by atoms with Crippen LogP contribution in [-0.4, -0.2) is 54.1 Å². The number of rotatable bonds is 3. The summed E-state index contributed by atoms with van der Waals surface area (Å²) in [5.74, 6) is -0.508. The third kappa shape index (κ3) is 2.07. The zero-order valence-electron chi connectivity index (χ0n) is 11.4. The van der Waals surface area contributed by atoms with Crippen LogP contribution in [-0.2, 0) is 14.3 Å². The number of methoxy groups -OCH3 is 1. The molecule has 2 fully saturated rings. The van der Waals surface area contributed by atoms with Crippen molar-refractivity contribution in [2.75, 3.05) is 20.2 Å². The van der Waals surface area contributed by atoms with Gasteiger partial charge in [0.15, 0.2) is 0 Å². The van der Waals surface area contributed by atoms with E-state index in [0.717, 1.165) is 0 Å². The number of amides is 4. The number of imide groups is 1. The fraction of sp³-hybridized carbons (Fsp3) is 0.750. The number of hydrogen-bond donors (Lipinski definition) is 2. The minimum atomic E-state index is -0.963. The van der Waals surface area contributed by atoms with E-state index in [4.69, 9.17) is 4.74 Å². The molecule has 106 valence electrons. The molecule has 0 bridgehead atoms. The fourth-order valence-electron chi connectivity index (χ4n) is 2.52. The van der Waals surface area contributed by atoms with Gasteiger partial charge < -0.3 is 15.0 Å². The van der Waals surface area contributed by atoms with Gasteiger partial charge in [-0.1, -0.05) is 6.92 Å². The smallest absolute Gasteiger partial charge is 0.322 e. The zero-order valence-corrected chi connectivity index (χ0v) is 11.4. The Hall–Kier alpha value is -1.63. The van der Waals surface area contributed by atoms with E-state index in [2.05, 4.69) is 10.6 Å². The first-order chi connectivity index (χ1) is 8.87. The molecule has 2 saturated heterocycles. The van der Waals surface area contributed by atoms with Crippen molar-refractivity contribution in [3.63, 3.8) is 0 Å². The highest BCUT2D eigenvalue weighted by Gasteiger charge is 2.53. The molecule has 7 nitrogen and oxygen atoms in total. The maximum absolute atomic E-state index is 12.4. The highest BCUT2D eigenvalue weighted by molar-refractivity contribution is 6.07. The van der Waals surface area contributed by atoms with Gasteiger partial charge in [0, 0.05) is 13.7 Å². The summed E-state index contributed by atoms with van der Waals surface area (Å²) < 4.78 is 5.28. The summed E-state index contributed by atoms with van der Waals surface area (Å²) in [6, 6.07) is -0.496. The Balaban J connectivity index is 2.13. The van der Waals surface area contributed by atoms with Gasteiger partial charge in [0.1, 0.15) is 11.1 Å². The summed E-state index contributed by atoms with van der Waals surface area (Å²) in [5.41, 5.74) is -1.85. The largest absolute Gasteiger partial charge is 0.369 e. The Bertz CT molecular complexity index is 433. The molecular weight excluding hydrogens is 250 g/mol. The summed E-state index contributed by atoms with van der Waals surface area (Å²) in [4.78, 5) is 37.0. The van der Waals surface area contributed by atoms with Crippen LogP contribution in [0.1, 0.15) is 26.7 Å². The maximum atomic E-state index is 12.4. The van der Waals surface area contributed by atoms with E-state index in [0.29, 0.717) is 19.4 Å². The Kier molecular flexibility index (Phi) is 3.25. The molecule has 2 aliphatic heterocycles. The molecule has 2 atom stereocenters. The monoisotopic (exact) mass is 269 g/mol. The molecule has 2 N–H and O–H groups in total. The third-order valence-corrected chi connectivity index (χ3v) is 4.15. The molecule has 7 heteroatoms. The van der Waals surface area contributed by atoms with Gasteiger partial charge in [-0.2, -0.15) is 0 Å². The Morgan fingerprint density at radius 2 is 2.21 bits per heavy atom. The van der Waals surface area contributed by atoms with Gasteiger partial charge in [0.2, 0.25) is 0 Å². The second-order valence-electron chi connectivity index (χ2n) is 5.26. The zero-order chi connectivity index (χ0) is 14.3. The summed E-state index contributed by atoms with van der Waals surface area (Å²) in [7, 11) is 1.50. The van der Waals surface area contributed by atoms with Crippen molar-refractivity contribution < 1.29 is 19.1 Å². The molecule has 2 aliphatic rings. The van der Waals surface area contributed by atoms with Crippen LogP contribution in [0.25, 0.3) is 0 Å².